The molecule has 28 heavy (non-hydrogen) atoms. The average molecular weight is 433 g/mol. The molecule has 0 saturated carbocycles. The lowest BCUT2D eigenvalue weighted by Crippen LogP contribution is -2.72. The Morgan fingerprint density at radius 2 is 1.93 bits per heavy atom. The maximum Gasteiger partial charge on any atom is 0.375 e. The number of aliphatic hydroxyl groups is 3. The lowest BCUT2D eigenvalue weighted by molar-refractivity contribution is -0.277. The van der Waals surface area contributed by atoms with Gasteiger partial charge in [0.1, 0.15) is 18.3 Å². The number of rotatable bonds is 12. The first kappa shape index (κ1) is 25.4. The third-order valence-electron chi connectivity index (χ3n) is 4.82. The van der Waals surface area contributed by atoms with E-state index in [1.165, 1.54) is 0 Å². The van der Waals surface area contributed by atoms with Gasteiger partial charge in [0.05, 0.1) is 25.3 Å². The Labute approximate surface area is 168 Å². The Bertz CT molecular complexity index is 481. The standard InChI is InChI=1S/C17H31ClF2N2O6/c1-2-3-4-5-6-7-8-27-16(26)17(20)15(19)12(22-18)11(21)14(28-17)13(25)10(24)9-23/h10-15,22-25H,2-9,21H2,1H3/t10-,11?,12?,13-,14?,15?,17?/m1/s1. The van der Waals surface area contributed by atoms with Crippen molar-refractivity contribution in [1.82, 2.24) is 4.84 Å². The molecule has 0 spiro atoms. The monoisotopic (exact) mass is 432 g/mol. The summed E-state index contributed by atoms with van der Waals surface area (Å²) < 4.78 is 39.4. The fraction of sp³-hybridized carbons (Fsp3) is 0.941. The van der Waals surface area contributed by atoms with Gasteiger partial charge < -0.3 is 30.5 Å². The number of alkyl halides is 2. The van der Waals surface area contributed by atoms with Gasteiger partial charge in [-0.25, -0.2) is 14.0 Å². The van der Waals surface area contributed by atoms with E-state index in [2.05, 4.69) is 6.92 Å². The van der Waals surface area contributed by atoms with Crippen molar-refractivity contribution in [2.24, 2.45) is 5.73 Å². The van der Waals surface area contributed by atoms with Crippen molar-refractivity contribution < 1.29 is 38.4 Å². The first-order valence-electron chi connectivity index (χ1n) is 9.51. The van der Waals surface area contributed by atoms with Crippen molar-refractivity contribution in [2.45, 2.75) is 87.9 Å². The molecule has 6 N–H and O–H groups in total. The predicted molar refractivity (Wildman–Crippen MR) is 97.8 cm³/mol. The van der Waals surface area contributed by atoms with E-state index in [0.717, 1.165) is 32.1 Å². The van der Waals surface area contributed by atoms with Crippen molar-refractivity contribution in [1.29, 1.82) is 0 Å². The van der Waals surface area contributed by atoms with Crippen LogP contribution < -0.4 is 10.6 Å². The van der Waals surface area contributed by atoms with Gasteiger partial charge in [0, 0.05) is 0 Å². The highest BCUT2D eigenvalue weighted by atomic mass is 35.5. The molecule has 5 unspecified atom stereocenters. The number of carbonyl (C=O) groups excluding carboxylic acids is 1. The first-order chi connectivity index (χ1) is 13.2. The normalized spacial score (nSPS) is 32.7. The Morgan fingerprint density at radius 1 is 1.32 bits per heavy atom. The molecule has 0 radical (unpaired) electrons. The largest absolute Gasteiger partial charge is 0.461 e. The third kappa shape index (κ3) is 6.19. The lowest BCUT2D eigenvalue weighted by Gasteiger charge is -2.45. The smallest absolute Gasteiger partial charge is 0.375 e. The number of ether oxygens (including phenoxy) is 2. The summed E-state index contributed by atoms with van der Waals surface area (Å²) in [6.07, 6.45) is -2.56. The van der Waals surface area contributed by atoms with E-state index >= 15 is 4.39 Å². The Hall–Kier alpha value is -0.620. The number of aliphatic hydroxyl groups excluding tert-OH is 3. The van der Waals surface area contributed by atoms with Crippen molar-refractivity contribution in [3.05, 3.63) is 0 Å². The molecule has 1 aliphatic rings. The molecule has 1 aliphatic heterocycles. The van der Waals surface area contributed by atoms with E-state index in [0.29, 0.717) is 6.42 Å². The van der Waals surface area contributed by atoms with Crippen LogP contribution in [-0.2, 0) is 14.3 Å². The Kier molecular flexibility index (Phi) is 11.0. The van der Waals surface area contributed by atoms with Crippen molar-refractivity contribution in [2.75, 3.05) is 13.2 Å². The van der Waals surface area contributed by atoms with Crippen LogP contribution in [0.25, 0.3) is 0 Å². The van der Waals surface area contributed by atoms with Crippen LogP contribution in [0.2, 0.25) is 0 Å². The van der Waals surface area contributed by atoms with Gasteiger partial charge in [0.15, 0.2) is 6.17 Å². The number of halogens is 3. The number of carbonyl (C=O) groups is 1. The number of nitrogens with one attached hydrogen (secondary N) is 1. The van der Waals surface area contributed by atoms with Gasteiger partial charge in [-0.2, -0.15) is 4.39 Å². The minimum absolute atomic E-state index is 0.121. The summed E-state index contributed by atoms with van der Waals surface area (Å²) >= 11 is 5.43. The van der Waals surface area contributed by atoms with E-state index in [-0.39, 0.29) is 6.61 Å². The minimum atomic E-state index is -3.58. The van der Waals surface area contributed by atoms with Gasteiger partial charge in [0.25, 0.3) is 0 Å². The SMILES string of the molecule is CCCCCCCCOC(=O)C1(F)OC([C@H](O)[C@H](O)CO)C(N)C(NCl)C1F. The Morgan fingerprint density at radius 3 is 2.50 bits per heavy atom. The van der Waals surface area contributed by atoms with Crippen LogP contribution in [0.15, 0.2) is 0 Å². The third-order valence-corrected chi connectivity index (χ3v) is 5.08. The molecule has 1 fully saturated rings. The van der Waals surface area contributed by atoms with Gasteiger partial charge in [-0.15, -0.1) is 0 Å². The van der Waals surface area contributed by atoms with Gasteiger partial charge in [-0.1, -0.05) is 39.0 Å². The molecule has 0 aromatic rings. The molecule has 166 valence electrons. The highest BCUT2D eigenvalue weighted by Crippen LogP contribution is 2.36. The second-order valence-electron chi connectivity index (χ2n) is 6.99. The van der Waals surface area contributed by atoms with E-state index in [9.17, 15) is 19.4 Å². The minimum Gasteiger partial charge on any atom is -0.461 e. The van der Waals surface area contributed by atoms with Crippen molar-refractivity contribution in [3.8, 4) is 0 Å². The highest BCUT2D eigenvalue weighted by molar-refractivity contribution is 6.13. The summed E-state index contributed by atoms with van der Waals surface area (Å²) in [5.41, 5.74) is 5.73. The average Bonchev–Trinajstić information content (AvgIpc) is 2.69. The number of hydrogen-bond donors (Lipinski definition) is 5. The molecule has 1 heterocycles. The number of unbranched alkanes of at least 4 members (excludes halogenated alkanes) is 5. The van der Waals surface area contributed by atoms with E-state index < -0.39 is 55.0 Å². The molecule has 0 aromatic heterocycles. The summed E-state index contributed by atoms with van der Waals surface area (Å²) in [5.74, 6) is -5.18. The molecule has 0 bridgehead atoms. The first-order valence-corrected chi connectivity index (χ1v) is 9.89. The van der Waals surface area contributed by atoms with E-state index in [4.69, 9.17) is 32.1 Å². The summed E-state index contributed by atoms with van der Waals surface area (Å²) in [6, 6.07) is -3.04. The van der Waals surface area contributed by atoms with Gasteiger partial charge in [-0.3, -0.25) is 0 Å². The summed E-state index contributed by atoms with van der Waals surface area (Å²) in [6.45, 7) is 1.08. The maximum atomic E-state index is 15.1. The number of hydrogen-bond acceptors (Lipinski definition) is 8. The van der Waals surface area contributed by atoms with Crippen molar-refractivity contribution in [3.63, 3.8) is 0 Å². The number of nitrogens with two attached hydrogens (primary N) is 1. The molecule has 0 aromatic carbocycles. The molecule has 8 nitrogen and oxygen atoms in total. The fourth-order valence-electron chi connectivity index (χ4n) is 3.03. The molecule has 7 atom stereocenters. The summed E-state index contributed by atoms with van der Waals surface area (Å²) in [7, 11) is 0. The topological polar surface area (TPSA) is 134 Å². The number of esters is 1. The van der Waals surface area contributed by atoms with E-state index in [1.807, 2.05) is 4.84 Å². The van der Waals surface area contributed by atoms with Crippen LogP contribution in [0.4, 0.5) is 8.78 Å². The molecule has 1 rings (SSSR count). The van der Waals surface area contributed by atoms with Gasteiger partial charge in [0.2, 0.25) is 0 Å². The fourth-order valence-corrected chi connectivity index (χ4v) is 3.29. The molecular formula is C17H31ClF2N2O6. The summed E-state index contributed by atoms with van der Waals surface area (Å²) in [4.78, 5) is 14.1. The van der Waals surface area contributed by atoms with Crippen molar-refractivity contribution >= 4 is 17.7 Å². The van der Waals surface area contributed by atoms with Gasteiger partial charge in [-0.05, 0) is 18.2 Å². The molecule has 11 heteroatoms. The zero-order chi connectivity index (χ0) is 21.3. The zero-order valence-electron chi connectivity index (χ0n) is 15.9. The van der Waals surface area contributed by atoms with Crippen LogP contribution in [0.3, 0.4) is 0 Å². The maximum absolute atomic E-state index is 15.1. The van der Waals surface area contributed by atoms with Crippen LogP contribution in [-0.4, -0.2) is 76.9 Å². The van der Waals surface area contributed by atoms with E-state index in [1.54, 1.807) is 0 Å². The van der Waals surface area contributed by atoms with Crippen LogP contribution >= 0.6 is 11.8 Å². The van der Waals surface area contributed by atoms with Crippen LogP contribution in [0, 0.1) is 0 Å². The predicted octanol–water partition coefficient (Wildman–Crippen LogP) is 0.446. The second kappa shape index (κ2) is 12.2. The van der Waals surface area contributed by atoms with Gasteiger partial charge >= 0.3 is 11.8 Å². The Balaban J connectivity index is 2.75. The molecule has 0 aliphatic carbocycles. The molecule has 0 amide bonds. The van der Waals surface area contributed by atoms with Crippen LogP contribution in [0.5, 0.6) is 0 Å². The quantitative estimate of drug-likeness (QED) is 0.170. The molecule has 1 saturated heterocycles. The summed E-state index contributed by atoms with van der Waals surface area (Å²) in [5, 5.41) is 28.5. The zero-order valence-corrected chi connectivity index (χ0v) is 16.7. The van der Waals surface area contributed by atoms with Crippen LogP contribution in [0.1, 0.15) is 45.4 Å². The second-order valence-corrected chi connectivity index (χ2v) is 7.20. The molecular weight excluding hydrogens is 402 g/mol. The lowest BCUT2D eigenvalue weighted by atomic mass is 9.87. The highest BCUT2D eigenvalue weighted by Gasteiger charge is 2.62.